The molecule has 2 heterocycles. The number of amides is 2. The first-order valence-electron chi connectivity index (χ1n) is 13.2. The Balaban J connectivity index is 1.43. The van der Waals surface area contributed by atoms with Gasteiger partial charge in [-0.15, -0.1) is 0 Å². The lowest BCUT2D eigenvalue weighted by molar-refractivity contribution is -0.139. The number of halogens is 6. The molecule has 2 aliphatic rings. The summed E-state index contributed by atoms with van der Waals surface area (Å²) < 4.78 is 67.9. The minimum Gasteiger partial charge on any atom is -0.367 e. The molecule has 0 radical (unpaired) electrons. The number of carbonyl (C=O) groups is 2. The molecule has 4 rings (SSSR count). The van der Waals surface area contributed by atoms with Crippen molar-refractivity contribution in [2.24, 2.45) is 0 Å². The number of nitrogens with zero attached hydrogens (tertiary/aromatic N) is 2. The summed E-state index contributed by atoms with van der Waals surface area (Å²) in [5.41, 5.74) is 0.196. The third kappa shape index (κ3) is 8.24. The Labute approximate surface area is 244 Å². The molecule has 0 unspecified atom stereocenters. The minimum atomic E-state index is -4.24. The van der Waals surface area contributed by atoms with Gasteiger partial charge in [-0.25, -0.2) is 8.78 Å². The number of piperazine rings is 1. The van der Waals surface area contributed by atoms with E-state index >= 15 is 0 Å². The predicted molar refractivity (Wildman–Crippen MR) is 151 cm³/mol. The van der Waals surface area contributed by atoms with E-state index in [4.69, 9.17) is 11.6 Å². The van der Waals surface area contributed by atoms with Gasteiger partial charge >= 0.3 is 6.18 Å². The molecule has 2 atom stereocenters. The number of alkyl halides is 3. The van der Waals surface area contributed by atoms with Crippen molar-refractivity contribution in [3.05, 3.63) is 58.1 Å². The van der Waals surface area contributed by atoms with E-state index in [1.54, 1.807) is 22.7 Å². The number of benzene rings is 2. The van der Waals surface area contributed by atoms with Crippen LogP contribution in [0.5, 0.6) is 0 Å². The molecule has 2 amide bonds. The average Bonchev–Trinajstić information content (AvgIpc) is 2.93. The fraction of sp³-hybridized carbons (Fsp3) is 0.481. The van der Waals surface area contributed by atoms with Crippen LogP contribution in [0.2, 0.25) is 5.02 Å². The zero-order valence-corrected chi connectivity index (χ0v) is 23.9. The van der Waals surface area contributed by atoms with Gasteiger partial charge < -0.3 is 20.9 Å². The van der Waals surface area contributed by atoms with Crippen LogP contribution >= 0.6 is 23.4 Å². The maximum atomic E-state index is 15.0. The summed E-state index contributed by atoms with van der Waals surface area (Å²) in [6.45, 7) is 3.27. The minimum absolute atomic E-state index is 0.0968. The Hall–Kier alpha value is -2.61. The molecule has 14 heteroatoms. The summed E-state index contributed by atoms with van der Waals surface area (Å²) >= 11 is 7.83. The SMILES string of the molecule is C[C@@H]1CN(c2cc(Cl)ccc2NC(=O)c2ccc(CNC(=O)[C@@H]3CSCCN3)c(F)c2F)CCN1CCC(F)(F)F. The van der Waals surface area contributed by atoms with Crippen LogP contribution in [-0.2, 0) is 11.3 Å². The van der Waals surface area contributed by atoms with Crippen molar-refractivity contribution in [2.45, 2.75) is 38.1 Å². The van der Waals surface area contributed by atoms with Gasteiger partial charge in [0.15, 0.2) is 11.6 Å². The molecule has 2 aromatic rings. The second kappa shape index (κ2) is 13.6. The van der Waals surface area contributed by atoms with Crippen LogP contribution in [0.25, 0.3) is 0 Å². The maximum Gasteiger partial charge on any atom is 0.390 e. The van der Waals surface area contributed by atoms with Crippen LogP contribution in [0.3, 0.4) is 0 Å². The molecular weight excluding hydrogens is 589 g/mol. The Morgan fingerprint density at radius 3 is 2.61 bits per heavy atom. The van der Waals surface area contributed by atoms with Crippen molar-refractivity contribution in [3.8, 4) is 0 Å². The molecule has 3 N–H and O–H groups in total. The van der Waals surface area contributed by atoms with Gasteiger partial charge in [0.1, 0.15) is 0 Å². The zero-order chi connectivity index (χ0) is 29.7. The standard InChI is InChI=1S/C27H31ClF5N5O2S/c1-16-14-38(10-9-37(16)8-6-27(31,32)33)22-12-18(28)3-5-20(22)36-25(39)19-4-2-17(23(29)24(19)30)13-35-26(40)21-15-41-11-7-34-21/h2-5,12,16,21,34H,6-11,13-15H2,1H3,(H,35,40)(H,36,39)/t16-,21+/m1/s1. The second-order valence-electron chi connectivity index (χ2n) is 10.0. The molecule has 2 aliphatic heterocycles. The van der Waals surface area contributed by atoms with E-state index in [1.807, 2.05) is 11.8 Å². The summed E-state index contributed by atoms with van der Waals surface area (Å²) in [6, 6.07) is 6.46. The number of hydrogen-bond acceptors (Lipinski definition) is 6. The molecule has 0 bridgehead atoms. The van der Waals surface area contributed by atoms with E-state index in [-0.39, 0.29) is 30.6 Å². The molecule has 0 aromatic heterocycles. The van der Waals surface area contributed by atoms with E-state index in [2.05, 4.69) is 16.0 Å². The molecule has 2 fully saturated rings. The van der Waals surface area contributed by atoms with Gasteiger partial charge in [0, 0.05) is 67.4 Å². The molecule has 0 spiro atoms. The molecule has 2 aromatic carbocycles. The Bertz CT molecular complexity index is 1260. The highest BCUT2D eigenvalue weighted by atomic mass is 35.5. The molecular formula is C27H31ClF5N5O2S. The summed E-state index contributed by atoms with van der Waals surface area (Å²) in [5.74, 6) is -2.30. The molecule has 224 valence electrons. The molecule has 7 nitrogen and oxygen atoms in total. The lowest BCUT2D eigenvalue weighted by Crippen LogP contribution is -2.52. The number of carbonyl (C=O) groups excluding carboxylic acids is 2. The summed E-state index contributed by atoms with van der Waals surface area (Å²) in [6.07, 6.45) is -5.15. The van der Waals surface area contributed by atoms with Crippen molar-refractivity contribution < 1.29 is 31.5 Å². The largest absolute Gasteiger partial charge is 0.390 e. The molecule has 0 aliphatic carbocycles. The van der Waals surface area contributed by atoms with Gasteiger partial charge in [0.05, 0.1) is 29.4 Å². The first kappa shape index (κ1) is 31.3. The molecule has 0 saturated carbocycles. The smallest absolute Gasteiger partial charge is 0.367 e. The number of hydrogen-bond donors (Lipinski definition) is 3. The van der Waals surface area contributed by atoms with Gasteiger partial charge in [-0.1, -0.05) is 17.7 Å². The van der Waals surface area contributed by atoms with Crippen LogP contribution in [0.1, 0.15) is 29.3 Å². The quantitative estimate of drug-likeness (QED) is 0.374. The predicted octanol–water partition coefficient (Wildman–Crippen LogP) is 4.65. The summed E-state index contributed by atoms with van der Waals surface area (Å²) in [7, 11) is 0. The first-order valence-corrected chi connectivity index (χ1v) is 14.7. The number of rotatable bonds is 8. The van der Waals surface area contributed by atoms with Crippen LogP contribution in [0.15, 0.2) is 30.3 Å². The van der Waals surface area contributed by atoms with Crippen molar-refractivity contribution in [1.82, 2.24) is 15.5 Å². The highest BCUT2D eigenvalue weighted by Gasteiger charge is 2.32. The zero-order valence-electron chi connectivity index (χ0n) is 22.3. The monoisotopic (exact) mass is 619 g/mol. The second-order valence-corrected chi connectivity index (χ2v) is 11.6. The van der Waals surface area contributed by atoms with Crippen LogP contribution in [-0.4, -0.2) is 79.2 Å². The maximum absolute atomic E-state index is 15.0. The summed E-state index contributed by atoms with van der Waals surface area (Å²) in [4.78, 5) is 29.0. The number of anilines is 2. The summed E-state index contributed by atoms with van der Waals surface area (Å²) in [5, 5.41) is 8.65. The van der Waals surface area contributed by atoms with Crippen molar-refractivity contribution >= 4 is 46.6 Å². The lowest BCUT2D eigenvalue weighted by atomic mass is 10.1. The highest BCUT2D eigenvalue weighted by molar-refractivity contribution is 7.99. The Morgan fingerprint density at radius 1 is 1.15 bits per heavy atom. The van der Waals surface area contributed by atoms with Gasteiger partial charge in [0.25, 0.3) is 5.91 Å². The first-order chi connectivity index (χ1) is 19.4. The fourth-order valence-corrected chi connectivity index (χ4v) is 5.92. The van der Waals surface area contributed by atoms with Crippen LogP contribution in [0, 0.1) is 11.6 Å². The van der Waals surface area contributed by atoms with Crippen molar-refractivity contribution in [1.29, 1.82) is 0 Å². The lowest BCUT2D eigenvalue weighted by Gasteiger charge is -2.41. The fourth-order valence-electron chi connectivity index (χ4n) is 4.82. The van der Waals surface area contributed by atoms with Crippen LogP contribution in [0.4, 0.5) is 33.3 Å². The van der Waals surface area contributed by atoms with E-state index in [9.17, 15) is 31.5 Å². The van der Waals surface area contributed by atoms with E-state index < -0.39 is 41.7 Å². The average molecular weight is 620 g/mol. The normalized spacial score (nSPS) is 20.1. The van der Waals surface area contributed by atoms with Gasteiger partial charge in [-0.3, -0.25) is 14.5 Å². The van der Waals surface area contributed by atoms with E-state index in [0.29, 0.717) is 48.3 Å². The topological polar surface area (TPSA) is 76.7 Å². The van der Waals surface area contributed by atoms with Gasteiger partial charge in [-0.2, -0.15) is 24.9 Å². The highest BCUT2D eigenvalue weighted by Crippen LogP contribution is 2.32. The van der Waals surface area contributed by atoms with Crippen molar-refractivity contribution in [3.63, 3.8) is 0 Å². The van der Waals surface area contributed by atoms with Crippen molar-refractivity contribution in [2.75, 3.05) is 54.4 Å². The molecule has 41 heavy (non-hydrogen) atoms. The third-order valence-electron chi connectivity index (χ3n) is 7.09. The van der Waals surface area contributed by atoms with Gasteiger partial charge in [0.2, 0.25) is 5.91 Å². The number of nitrogens with one attached hydrogen (secondary N) is 3. The van der Waals surface area contributed by atoms with E-state index in [1.165, 1.54) is 18.2 Å². The van der Waals surface area contributed by atoms with Crippen LogP contribution < -0.4 is 20.9 Å². The van der Waals surface area contributed by atoms with Gasteiger partial charge in [-0.05, 0) is 31.2 Å². The third-order valence-corrected chi connectivity index (χ3v) is 8.39. The van der Waals surface area contributed by atoms with E-state index in [0.717, 1.165) is 11.8 Å². The molecule has 2 saturated heterocycles. The Kier molecular flexibility index (Phi) is 10.4. The number of thioether (sulfide) groups is 1. The Morgan fingerprint density at radius 2 is 1.93 bits per heavy atom.